The van der Waals surface area contributed by atoms with E-state index in [9.17, 15) is 9.18 Å². The predicted octanol–water partition coefficient (Wildman–Crippen LogP) is 2.72. The molecule has 1 aromatic carbocycles. The molecular formula is C13H16Cl3FN2O2. The number of hydrogen-bond donors (Lipinski definition) is 2. The minimum atomic E-state index is -0.564. The molecule has 1 aliphatic heterocycles. The van der Waals surface area contributed by atoms with E-state index in [1.807, 2.05) is 0 Å². The molecule has 1 saturated heterocycles. The van der Waals surface area contributed by atoms with Crippen LogP contribution in [0.1, 0.15) is 18.5 Å². The minimum Gasteiger partial charge on any atom is -0.378 e. The molecule has 1 heterocycles. The maximum absolute atomic E-state index is 13.5. The van der Waals surface area contributed by atoms with Crippen LogP contribution in [0.4, 0.5) is 4.39 Å². The molecule has 2 atom stereocenters. The number of halogens is 4. The molecule has 2 unspecified atom stereocenters. The second kappa shape index (κ2) is 8.15. The SMILES string of the molecule is CC(NC(=O)C1COCCN1)c1cc(F)c(Cl)cc1Cl.Cl. The van der Waals surface area contributed by atoms with Gasteiger partial charge in [0, 0.05) is 11.6 Å². The van der Waals surface area contributed by atoms with Crippen molar-refractivity contribution in [2.45, 2.75) is 19.0 Å². The first kappa shape index (κ1) is 18.5. The Balaban J connectivity index is 0.00000220. The van der Waals surface area contributed by atoms with Gasteiger partial charge >= 0.3 is 0 Å². The molecule has 0 aromatic heterocycles. The number of nitrogens with one attached hydrogen (secondary N) is 2. The number of rotatable bonds is 3. The summed E-state index contributed by atoms with van der Waals surface area (Å²) in [5.41, 5.74) is 0.485. The summed E-state index contributed by atoms with van der Waals surface area (Å²) in [5, 5.41) is 6.10. The third-order valence-electron chi connectivity index (χ3n) is 3.10. The van der Waals surface area contributed by atoms with E-state index in [4.69, 9.17) is 27.9 Å². The first-order valence-corrected chi connectivity index (χ1v) is 7.00. The van der Waals surface area contributed by atoms with Crippen molar-refractivity contribution in [1.29, 1.82) is 0 Å². The number of ether oxygens (including phenoxy) is 1. The maximum atomic E-state index is 13.5. The maximum Gasteiger partial charge on any atom is 0.240 e. The van der Waals surface area contributed by atoms with Gasteiger partial charge < -0.3 is 15.4 Å². The number of carbonyl (C=O) groups is 1. The fraction of sp³-hybridized carbons (Fsp3) is 0.462. The standard InChI is InChI=1S/C13H15Cl2FN2O2.ClH/c1-7(8-4-11(16)10(15)5-9(8)14)18-13(19)12-6-20-3-2-17-12;/h4-5,7,12,17H,2-3,6H2,1H3,(H,18,19);1H. The van der Waals surface area contributed by atoms with Gasteiger partial charge in [0.1, 0.15) is 11.9 Å². The summed E-state index contributed by atoms with van der Waals surface area (Å²) in [6, 6.07) is 1.74. The average molecular weight is 358 g/mol. The van der Waals surface area contributed by atoms with Crippen molar-refractivity contribution < 1.29 is 13.9 Å². The topological polar surface area (TPSA) is 50.4 Å². The fourth-order valence-corrected chi connectivity index (χ4v) is 2.54. The highest BCUT2D eigenvalue weighted by Gasteiger charge is 2.23. The van der Waals surface area contributed by atoms with Crippen LogP contribution >= 0.6 is 35.6 Å². The zero-order valence-corrected chi connectivity index (χ0v) is 13.6. The summed E-state index contributed by atoms with van der Waals surface area (Å²) < 4.78 is 18.7. The van der Waals surface area contributed by atoms with Crippen LogP contribution in [-0.4, -0.2) is 31.7 Å². The second-order valence-electron chi connectivity index (χ2n) is 4.60. The molecular weight excluding hydrogens is 342 g/mol. The number of hydrogen-bond acceptors (Lipinski definition) is 3. The smallest absolute Gasteiger partial charge is 0.240 e. The van der Waals surface area contributed by atoms with Crippen molar-refractivity contribution in [3.63, 3.8) is 0 Å². The van der Waals surface area contributed by atoms with Crippen LogP contribution < -0.4 is 10.6 Å². The van der Waals surface area contributed by atoms with E-state index in [-0.39, 0.29) is 23.3 Å². The summed E-state index contributed by atoms with van der Waals surface area (Å²) >= 11 is 11.7. The Morgan fingerprint density at radius 1 is 1.48 bits per heavy atom. The zero-order chi connectivity index (χ0) is 14.7. The third-order valence-corrected chi connectivity index (χ3v) is 3.72. The van der Waals surface area contributed by atoms with Crippen molar-refractivity contribution in [2.75, 3.05) is 19.8 Å². The lowest BCUT2D eigenvalue weighted by atomic mass is 10.1. The van der Waals surface area contributed by atoms with Crippen molar-refractivity contribution >= 4 is 41.5 Å². The molecule has 21 heavy (non-hydrogen) atoms. The Morgan fingerprint density at radius 3 is 2.81 bits per heavy atom. The normalized spacial score (nSPS) is 19.5. The highest BCUT2D eigenvalue weighted by Crippen LogP contribution is 2.28. The van der Waals surface area contributed by atoms with E-state index < -0.39 is 17.9 Å². The van der Waals surface area contributed by atoms with Gasteiger partial charge in [0.25, 0.3) is 0 Å². The number of morpholine rings is 1. The second-order valence-corrected chi connectivity index (χ2v) is 5.41. The molecule has 0 saturated carbocycles. The van der Waals surface area contributed by atoms with Crippen LogP contribution in [0.5, 0.6) is 0 Å². The van der Waals surface area contributed by atoms with Gasteiger partial charge in [0.05, 0.1) is 24.3 Å². The summed E-state index contributed by atoms with van der Waals surface area (Å²) in [6.07, 6.45) is 0. The van der Waals surface area contributed by atoms with E-state index in [1.54, 1.807) is 6.92 Å². The first-order chi connectivity index (χ1) is 9.49. The molecule has 0 aliphatic carbocycles. The van der Waals surface area contributed by atoms with Gasteiger partial charge in [-0.1, -0.05) is 23.2 Å². The summed E-state index contributed by atoms with van der Waals surface area (Å²) in [5.74, 6) is -0.769. The largest absolute Gasteiger partial charge is 0.378 e. The fourth-order valence-electron chi connectivity index (χ4n) is 2.00. The van der Waals surface area contributed by atoms with Crippen LogP contribution in [0.15, 0.2) is 12.1 Å². The van der Waals surface area contributed by atoms with Gasteiger partial charge in [-0.2, -0.15) is 0 Å². The highest BCUT2D eigenvalue weighted by atomic mass is 35.5. The zero-order valence-electron chi connectivity index (χ0n) is 11.3. The Morgan fingerprint density at radius 2 is 2.19 bits per heavy atom. The molecule has 118 valence electrons. The van der Waals surface area contributed by atoms with Crippen LogP contribution in [0.25, 0.3) is 0 Å². The molecule has 0 spiro atoms. The van der Waals surface area contributed by atoms with E-state index >= 15 is 0 Å². The van der Waals surface area contributed by atoms with E-state index in [0.29, 0.717) is 30.3 Å². The Labute approximate surface area is 138 Å². The number of carbonyl (C=O) groups excluding carboxylic acids is 1. The van der Waals surface area contributed by atoms with Gasteiger partial charge in [0.15, 0.2) is 0 Å². The monoisotopic (exact) mass is 356 g/mol. The molecule has 1 fully saturated rings. The Bertz CT molecular complexity index is 510. The van der Waals surface area contributed by atoms with Crippen LogP contribution in [-0.2, 0) is 9.53 Å². The molecule has 2 rings (SSSR count). The van der Waals surface area contributed by atoms with Gasteiger partial charge in [-0.3, -0.25) is 4.79 Å². The lowest BCUT2D eigenvalue weighted by molar-refractivity contribution is -0.126. The summed E-state index contributed by atoms with van der Waals surface area (Å²) in [4.78, 5) is 12.0. The van der Waals surface area contributed by atoms with Crippen molar-refractivity contribution in [3.8, 4) is 0 Å². The van der Waals surface area contributed by atoms with Crippen LogP contribution in [0.2, 0.25) is 10.0 Å². The predicted molar refractivity (Wildman–Crippen MR) is 82.8 cm³/mol. The van der Waals surface area contributed by atoms with Gasteiger partial charge in [-0.05, 0) is 24.6 Å². The van der Waals surface area contributed by atoms with Crippen molar-refractivity contribution in [2.24, 2.45) is 0 Å². The quantitative estimate of drug-likeness (QED) is 0.818. The molecule has 8 heteroatoms. The molecule has 1 amide bonds. The number of benzene rings is 1. The molecule has 1 aliphatic rings. The van der Waals surface area contributed by atoms with Crippen LogP contribution in [0, 0.1) is 5.82 Å². The van der Waals surface area contributed by atoms with E-state index in [0.717, 1.165) is 0 Å². The number of amides is 1. The van der Waals surface area contributed by atoms with Crippen molar-refractivity contribution in [1.82, 2.24) is 10.6 Å². The molecule has 0 radical (unpaired) electrons. The summed E-state index contributed by atoms with van der Waals surface area (Å²) in [7, 11) is 0. The molecule has 1 aromatic rings. The Hall–Kier alpha value is -0.590. The summed E-state index contributed by atoms with van der Waals surface area (Å²) in [6.45, 7) is 3.27. The van der Waals surface area contributed by atoms with Crippen molar-refractivity contribution in [3.05, 3.63) is 33.6 Å². The minimum absolute atomic E-state index is 0. The van der Waals surface area contributed by atoms with Gasteiger partial charge in [0.2, 0.25) is 5.91 Å². The van der Waals surface area contributed by atoms with Crippen LogP contribution in [0.3, 0.4) is 0 Å². The van der Waals surface area contributed by atoms with E-state index in [2.05, 4.69) is 10.6 Å². The molecule has 2 N–H and O–H groups in total. The van der Waals surface area contributed by atoms with E-state index in [1.165, 1.54) is 12.1 Å². The first-order valence-electron chi connectivity index (χ1n) is 6.25. The molecule has 0 bridgehead atoms. The third kappa shape index (κ3) is 4.69. The lowest BCUT2D eigenvalue weighted by Crippen LogP contribution is -2.51. The Kier molecular flexibility index (Phi) is 7.16. The van der Waals surface area contributed by atoms with Gasteiger partial charge in [-0.15, -0.1) is 12.4 Å². The lowest BCUT2D eigenvalue weighted by Gasteiger charge is -2.25. The highest BCUT2D eigenvalue weighted by molar-refractivity contribution is 6.35. The van der Waals surface area contributed by atoms with Gasteiger partial charge in [-0.25, -0.2) is 4.39 Å². The molecule has 4 nitrogen and oxygen atoms in total. The average Bonchev–Trinajstić information content (AvgIpc) is 2.43.